The highest BCUT2D eigenvalue weighted by atomic mass is 19.3. The van der Waals surface area contributed by atoms with Gasteiger partial charge in [-0.2, -0.15) is 8.78 Å². The molecule has 1 aliphatic carbocycles. The van der Waals surface area contributed by atoms with Crippen molar-refractivity contribution in [1.82, 2.24) is 0 Å². The molecule has 0 aliphatic heterocycles. The standard InChI is InChI=1S/C19H25F3/c1-2-3-4-5-14-6-8-15(9-7-14)16-10-12-17(13-11-16)18(20)19(21)22/h6-9,16-17H,2-5,10-13H2,1H3. The summed E-state index contributed by atoms with van der Waals surface area (Å²) < 4.78 is 37.9. The van der Waals surface area contributed by atoms with Crippen molar-refractivity contribution in [3.05, 3.63) is 47.3 Å². The SMILES string of the molecule is CCCCCc1ccc(C2CCC(C(F)=C(F)F)CC2)cc1. The highest BCUT2D eigenvalue weighted by Gasteiger charge is 2.27. The summed E-state index contributed by atoms with van der Waals surface area (Å²) in [4.78, 5) is 0. The highest BCUT2D eigenvalue weighted by Crippen LogP contribution is 2.40. The summed E-state index contributed by atoms with van der Waals surface area (Å²) in [5.74, 6) is -1.38. The van der Waals surface area contributed by atoms with Gasteiger partial charge < -0.3 is 0 Å². The average Bonchev–Trinajstić information content (AvgIpc) is 2.55. The molecule has 2 rings (SSSR count). The molecule has 0 spiro atoms. The van der Waals surface area contributed by atoms with Gasteiger partial charge in [-0.05, 0) is 55.6 Å². The minimum atomic E-state index is -2.14. The molecule has 3 heteroatoms. The molecule has 0 heterocycles. The van der Waals surface area contributed by atoms with Crippen LogP contribution in [-0.2, 0) is 6.42 Å². The van der Waals surface area contributed by atoms with Gasteiger partial charge in [-0.25, -0.2) is 4.39 Å². The van der Waals surface area contributed by atoms with Crippen molar-refractivity contribution in [2.45, 2.75) is 64.2 Å². The fraction of sp³-hybridized carbons (Fsp3) is 0.579. The topological polar surface area (TPSA) is 0 Å². The Morgan fingerprint density at radius 3 is 2.14 bits per heavy atom. The number of rotatable bonds is 6. The summed E-state index contributed by atoms with van der Waals surface area (Å²) in [5.41, 5.74) is 2.63. The van der Waals surface area contributed by atoms with Crippen molar-refractivity contribution >= 4 is 0 Å². The van der Waals surface area contributed by atoms with E-state index in [0.29, 0.717) is 18.8 Å². The van der Waals surface area contributed by atoms with Crippen molar-refractivity contribution in [2.75, 3.05) is 0 Å². The number of hydrogen-bond acceptors (Lipinski definition) is 0. The molecule has 0 radical (unpaired) electrons. The Kier molecular flexibility index (Phi) is 6.53. The Bertz CT molecular complexity index is 478. The third-order valence-corrected chi connectivity index (χ3v) is 4.79. The number of unbranched alkanes of at least 4 members (excludes halogenated alkanes) is 2. The van der Waals surface area contributed by atoms with Gasteiger partial charge in [0.2, 0.25) is 0 Å². The van der Waals surface area contributed by atoms with E-state index >= 15 is 0 Å². The van der Waals surface area contributed by atoms with Crippen LogP contribution in [0, 0.1) is 5.92 Å². The lowest BCUT2D eigenvalue weighted by atomic mass is 9.78. The number of benzene rings is 1. The molecule has 1 aliphatic rings. The van der Waals surface area contributed by atoms with Crippen LogP contribution >= 0.6 is 0 Å². The van der Waals surface area contributed by atoms with Gasteiger partial charge in [-0.15, -0.1) is 0 Å². The molecule has 0 atom stereocenters. The van der Waals surface area contributed by atoms with E-state index in [-0.39, 0.29) is 0 Å². The Morgan fingerprint density at radius 1 is 0.955 bits per heavy atom. The van der Waals surface area contributed by atoms with E-state index < -0.39 is 17.8 Å². The van der Waals surface area contributed by atoms with E-state index in [4.69, 9.17) is 0 Å². The zero-order valence-corrected chi connectivity index (χ0v) is 13.3. The maximum Gasteiger partial charge on any atom is 0.301 e. The van der Waals surface area contributed by atoms with Gasteiger partial charge in [0.25, 0.3) is 0 Å². The Morgan fingerprint density at radius 2 is 1.59 bits per heavy atom. The third kappa shape index (κ3) is 4.62. The molecule has 0 unspecified atom stereocenters. The van der Waals surface area contributed by atoms with Crippen LogP contribution in [0.5, 0.6) is 0 Å². The lowest BCUT2D eigenvalue weighted by Gasteiger charge is -2.27. The minimum absolute atomic E-state index is 0.386. The first kappa shape index (κ1) is 17.1. The van der Waals surface area contributed by atoms with Crippen molar-refractivity contribution in [3.8, 4) is 0 Å². The van der Waals surface area contributed by atoms with Crippen LogP contribution in [0.1, 0.15) is 68.9 Å². The van der Waals surface area contributed by atoms with E-state index in [9.17, 15) is 13.2 Å². The quantitative estimate of drug-likeness (QED) is 0.508. The fourth-order valence-electron chi connectivity index (χ4n) is 3.37. The summed E-state index contributed by atoms with van der Waals surface area (Å²) >= 11 is 0. The van der Waals surface area contributed by atoms with Crippen LogP contribution in [0.25, 0.3) is 0 Å². The summed E-state index contributed by atoms with van der Waals surface area (Å²) in [5, 5.41) is 0. The molecule has 1 fully saturated rings. The zero-order valence-electron chi connectivity index (χ0n) is 13.3. The van der Waals surface area contributed by atoms with Crippen LogP contribution in [0.15, 0.2) is 36.2 Å². The molecule has 22 heavy (non-hydrogen) atoms. The van der Waals surface area contributed by atoms with Crippen molar-refractivity contribution in [3.63, 3.8) is 0 Å². The normalized spacial score (nSPS) is 21.6. The number of hydrogen-bond donors (Lipinski definition) is 0. The molecular formula is C19H25F3. The lowest BCUT2D eigenvalue weighted by Crippen LogP contribution is -2.14. The molecule has 0 saturated heterocycles. The molecule has 1 aromatic rings. The van der Waals surface area contributed by atoms with Gasteiger partial charge in [-0.3, -0.25) is 0 Å². The minimum Gasteiger partial charge on any atom is -0.206 e. The second-order valence-corrected chi connectivity index (χ2v) is 6.36. The molecule has 0 N–H and O–H groups in total. The van der Waals surface area contributed by atoms with Gasteiger partial charge in [0.15, 0.2) is 5.83 Å². The van der Waals surface area contributed by atoms with E-state index in [1.807, 2.05) is 0 Å². The van der Waals surface area contributed by atoms with Gasteiger partial charge in [0.05, 0.1) is 0 Å². The first-order valence-electron chi connectivity index (χ1n) is 8.41. The summed E-state index contributed by atoms with van der Waals surface area (Å²) in [6.07, 6.45) is 5.31. The largest absolute Gasteiger partial charge is 0.301 e. The molecule has 1 saturated carbocycles. The smallest absolute Gasteiger partial charge is 0.206 e. The van der Waals surface area contributed by atoms with Gasteiger partial charge in [0.1, 0.15) is 0 Å². The Hall–Kier alpha value is -1.25. The summed E-state index contributed by atoms with van der Waals surface area (Å²) in [6, 6.07) is 8.68. The first-order valence-corrected chi connectivity index (χ1v) is 8.41. The Labute approximate surface area is 131 Å². The van der Waals surface area contributed by atoms with Crippen molar-refractivity contribution < 1.29 is 13.2 Å². The maximum atomic E-state index is 13.3. The lowest BCUT2D eigenvalue weighted by molar-refractivity contribution is 0.281. The first-order chi connectivity index (χ1) is 10.6. The molecule has 0 aromatic heterocycles. The molecular weight excluding hydrogens is 285 g/mol. The van der Waals surface area contributed by atoms with Crippen LogP contribution < -0.4 is 0 Å². The zero-order chi connectivity index (χ0) is 15.9. The number of allylic oxidation sites excluding steroid dienone is 1. The fourth-order valence-corrected chi connectivity index (χ4v) is 3.37. The number of aryl methyl sites for hydroxylation is 1. The monoisotopic (exact) mass is 310 g/mol. The van der Waals surface area contributed by atoms with Crippen LogP contribution in [-0.4, -0.2) is 0 Å². The second kappa shape index (κ2) is 8.40. The van der Waals surface area contributed by atoms with Gasteiger partial charge in [0, 0.05) is 5.92 Å². The predicted molar refractivity (Wildman–Crippen MR) is 84.7 cm³/mol. The van der Waals surface area contributed by atoms with Crippen molar-refractivity contribution in [2.24, 2.45) is 5.92 Å². The third-order valence-electron chi connectivity index (χ3n) is 4.79. The van der Waals surface area contributed by atoms with Crippen molar-refractivity contribution in [1.29, 1.82) is 0 Å². The summed E-state index contributed by atoms with van der Waals surface area (Å²) in [6.45, 7) is 2.20. The van der Waals surface area contributed by atoms with Crippen LogP contribution in [0.4, 0.5) is 13.2 Å². The van der Waals surface area contributed by atoms with E-state index in [1.165, 1.54) is 30.4 Å². The van der Waals surface area contributed by atoms with Gasteiger partial charge in [-0.1, -0.05) is 44.0 Å². The van der Waals surface area contributed by atoms with E-state index in [1.54, 1.807) is 0 Å². The average molecular weight is 310 g/mol. The van der Waals surface area contributed by atoms with E-state index in [0.717, 1.165) is 19.3 Å². The maximum absolute atomic E-state index is 13.3. The van der Waals surface area contributed by atoms with Gasteiger partial charge >= 0.3 is 6.08 Å². The van der Waals surface area contributed by atoms with E-state index in [2.05, 4.69) is 31.2 Å². The van der Waals surface area contributed by atoms with Crippen LogP contribution in [0.2, 0.25) is 0 Å². The molecule has 0 nitrogen and oxygen atoms in total. The second-order valence-electron chi connectivity index (χ2n) is 6.36. The summed E-state index contributed by atoms with van der Waals surface area (Å²) in [7, 11) is 0. The molecule has 1 aromatic carbocycles. The predicted octanol–water partition coefficient (Wildman–Crippen LogP) is 6.77. The molecule has 122 valence electrons. The Balaban J connectivity index is 1.87. The van der Waals surface area contributed by atoms with Crippen LogP contribution in [0.3, 0.4) is 0 Å². The number of halogens is 3. The highest BCUT2D eigenvalue weighted by molar-refractivity contribution is 5.26. The molecule has 0 bridgehead atoms. The molecule has 0 amide bonds.